The molecule has 0 saturated heterocycles. The van der Waals surface area contributed by atoms with Crippen LogP contribution in [0, 0.1) is 6.92 Å². The molecule has 0 spiro atoms. The van der Waals surface area contributed by atoms with Gasteiger partial charge in [0.05, 0.1) is 7.11 Å². The van der Waals surface area contributed by atoms with E-state index in [4.69, 9.17) is 4.74 Å². The maximum atomic E-state index is 12.8. The summed E-state index contributed by atoms with van der Waals surface area (Å²) >= 11 is 0. The molecule has 0 saturated carbocycles. The number of methoxy groups -OCH3 is 1. The molecule has 0 radical (unpaired) electrons. The van der Waals surface area contributed by atoms with Crippen LogP contribution in [0.15, 0.2) is 48.5 Å². The van der Waals surface area contributed by atoms with Crippen LogP contribution < -0.4 is 10.1 Å². The standard InChI is InChI=1S/C18H19N5O2/c1-12-6-8-14(9-7-12)19-18(24)16(17-20-22-23-21-17)11-13-4-3-5-15(10-13)25-2/h3-10,16H,11H2,1-2H3,(H,19,24)(H,20,21,22,23). The number of benzene rings is 2. The molecule has 0 aliphatic heterocycles. The Kier molecular flexibility index (Phi) is 5.03. The third-order valence-corrected chi connectivity index (χ3v) is 3.88. The van der Waals surface area contributed by atoms with Gasteiger partial charge in [-0.1, -0.05) is 35.0 Å². The van der Waals surface area contributed by atoms with Gasteiger partial charge < -0.3 is 10.1 Å². The number of carbonyl (C=O) groups is 1. The number of hydrogen-bond acceptors (Lipinski definition) is 5. The normalized spacial score (nSPS) is 11.8. The number of tetrazole rings is 1. The minimum Gasteiger partial charge on any atom is -0.497 e. The number of carbonyl (C=O) groups excluding carboxylic acids is 1. The van der Waals surface area contributed by atoms with Crippen molar-refractivity contribution in [3.8, 4) is 5.75 Å². The number of H-pyrrole nitrogens is 1. The van der Waals surface area contributed by atoms with Crippen molar-refractivity contribution < 1.29 is 9.53 Å². The number of aromatic nitrogens is 4. The van der Waals surface area contributed by atoms with Crippen LogP contribution >= 0.6 is 0 Å². The van der Waals surface area contributed by atoms with Gasteiger partial charge in [-0.05, 0) is 43.2 Å². The largest absolute Gasteiger partial charge is 0.497 e. The van der Waals surface area contributed by atoms with E-state index in [2.05, 4.69) is 25.9 Å². The van der Waals surface area contributed by atoms with Crippen LogP contribution in [-0.2, 0) is 11.2 Å². The van der Waals surface area contributed by atoms with E-state index in [9.17, 15) is 4.79 Å². The zero-order valence-corrected chi connectivity index (χ0v) is 14.1. The van der Waals surface area contributed by atoms with Gasteiger partial charge in [0.25, 0.3) is 0 Å². The Morgan fingerprint density at radius 3 is 2.72 bits per heavy atom. The molecule has 1 aromatic heterocycles. The van der Waals surface area contributed by atoms with E-state index >= 15 is 0 Å². The molecule has 1 heterocycles. The van der Waals surface area contributed by atoms with E-state index < -0.39 is 5.92 Å². The van der Waals surface area contributed by atoms with Crippen LogP contribution in [0.3, 0.4) is 0 Å². The van der Waals surface area contributed by atoms with Crippen LogP contribution in [0.25, 0.3) is 0 Å². The van der Waals surface area contributed by atoms with Crippen molar-refractivity contribution in [1.29, 1.82) is 0 Å². The predicted molar refractivity (Wildman–Crippen MR) is 93.4 cm³/mol. The summed E-state index contributed by atoms with van der Waals surface area (Å²) in [5.41, 5.74) is 2.81. The molecule has 0 aliphatic rings. The van der Waals surface area contributed by atoms with E-state index in [0.29, 0.717) is 12.2 Å². The molecule has 128 valence electrons. The zero-order valence-electron chi connectivity index (χ0n) is 14.1. The van der Waals surface area contributed by atoms with E-state index in [1.165, 1.54) is 0 Å². The Labute approximate surface area is 145 Å². The molecule has 7 heteroatoms. The third-order valence-electron chi connectivity index (χ3n) is 3.88. The fourth-order valence-electron chi connectivity index (χ4n) is 2.52. The van der Waals surface area contributed by atoms with Crippen LogP contribution in [0.2, 0.25) is 0 Å². The van der Waals surface area contributed by atoms with Crippen molar-refractivity contribution in [2.45, 2.75) is 19.3 Å². The molecule has 2 aromatic carbocycles. The first-order chi connectivity index (χ1) is 12.2. The molecule has 25 heavy (non-hydrogen) atoms. The highest BCUT2D eigenvalue weighted by atomic mass is 16.5. The average molecular weight is 337 g/mol. The van der Waals surface area contributed by atoms with Crippen LogP contribution in [0.1, 0.15) is 22.9 Å². The maximum absolute atomic E-state index is 12.8. The van der Waals surface area contributed by atoms with Crippen LogP contribution in [0.4, 0.5) is 5.69 Å². The van der Waals surface area contributed by atoms with E-state index in [1.807, 2.05) is 55.5 Å². The van der Waals surface area contributed by atoms with Gasteiger partial charge in [0.15, 0.2) is 5.82 Å². The average Bonchev–Trinajstić information content (AvgIpc) is 3.16. The number of nitrogens with one attached hydrogen (secondary N) is 2. The zero-order chi connectivity index (χ0) is 17.6. The van der Waals surface area contributed by atoms with Crippen molar-refractivity contribution in [2.75, 3.05) is 12.4 Å². The Hall–Kier alpha value is -3.22. The summed E-state index contributed by atoms with van der Waals surface area (Å²) in [5.74, 6) is 0.343. The van der Waals surface area contributed by atoms with Crippen LogP contribution in [-0.4, -0.2) is 33.6 Å². The number of aryl methyl sites for hydroxylation is 1. The number of hydrogen-bond donors (Lipinski definition) is 2. The summed E-state index contributed by atoms with van der Waals surface area (Å²) in [6.07, 6.45) is 0.439. The molecule has 1 amide bonds. The Morgan fingerprint density at radius 2 is 2.04 bits per heavy atom. The Bertz CT molecular complexity index is 831. The first kappa shape index (κ1) is 16.6. The van der Waals surface area contributed by atoms with Gasteiger partial charge in [0.2, 0.25) is 5.91 Å². The first-order valence-corrected chi connectivity index (χ1v) is 7.89. The predicted octanol–water partition coefficient (Wildman–Crippen LogP) is 2.48. The lowest BCUT2D eigenvalue weighted by molar-refractivity contribution is -0.117. The Balaban J connectivity index is 1.81. The van der Waals surface area contributed by atoms with Gasteiger partial charge in [-0.2, -0.15) is 5.21 Å². The van der Waals surface area contributed by atoms with Crippen LogP contribution in [0.5, 0.6) is 5.75 Å². The molecule has 7 nitrogen and oxygen atoms in total. The second kappa shape index (κ2) is 7.57. The van der Waals surface area contributed by atoms with Gasteiger partial charge >= 0.3 is 0 Å². The lowest BCUT2D eigenvalue weighted by Gasteiger charge is -2.14. The smallest absolute Gasteiger partial charge is 0.235 e. The molecule has 1 unspecified atom stereocenters. The lowest BCUT2D eigenvalue weighted by Crippen LogP contribution is -2.24. The first-order valence-electron chi connectivity index (χ1n) is 7.89. The summed E-state index contributed by atoms with van der Waals surface area (Å²) in [6.45, 7) is 2.00. The number of anilines is 1. The summed E-state index contributed by atoms with van der Waals surface area (Å²) < 4.78 is 5.24. The molecular formula is C18H19N5O2. The van der Waals surface area contributed by atoms with Crippen molar-refractivity contribution in [3.63, 3.8) is 0 Å². The molecule has 0 aliphatic carbocycles. The fraction of sp³-hybridized carbons (Fsp3) is 0.222. The van der Waals surface area contributed by atoms with Crippen molar-refractivity contribution in [1.82, 2.24) is 20.6 Å². The van der Waals surface area contributed by atoms with Gasteiger partial charge in [-0.25, -0.2) is 0 Å². The van der Waals surface area contributed by atoms with E-state index in [1.54, 1.807) is 7.11 Å². The summed E-state index contributed by atoms with van der Waals surface area (Å²) in [5, 5.41) is 16.9. The third kappa shape index (κ3) is 4.20. The SMILES string of the molecule is COc1cccc(CC(C(=O)Nc2ccc(C)cc2)c2nn[nH]n2)c1. The summed E-state index contributed by atoms with van der Waals surface area (Å²) in [7, 11) is 1.61. The molecular weight excluding hydrogens is 318 g/mol. The van der Waals surface area contributed by atoms with Crippen molar-refractivity contribution >= 4 is 11.6 Å². The molecule has 3 aromatic rings. The second-order valence-corrected chi connectivity index (χ2v) is 5.73. The summed E-state index contributed by atoms with van der Waals surface area (Å²) in [4.78, 5) is 12.8. The van der Waals surface area contributed by atoms with Gasteiger partial charge in [-0.3, -0.25) is 4.79 Å². The van der Waals surface area contributed by atoms with Gasteiger partial charge in [0.1, 0.15) is 11.7 Å². The van der Waals surface area contributed by atoms with Gasteiger partial charge in [-0.15, -0.1) is 10.2 Å². The number of nitrogens with zero attached hydrogens (tertiary/aromatic N) is 3. The quantitative estimate of drug-likeness (QED) is 0.721. The number of aromatic amines is 1. The molecule has 0 fully saturated rings. The van der Waals surface area contributed by atoms with E-state index in [0.717, 1.165) is 22.6 Å². The monoisotopic (exact) mass is 337 g/mol. The molecule has 1 atom stereocenters. The summed E-state index contributed by atoms with van der Waals surface area (Å²) in [6, 6.07) is 15.2. The molecule has 2 N–H and O–H groups in total. The minimum absolute atomic E-state index is 0.187. The molecule has 0 bridgehead atoms. The number of ether oxygens (including phenoxy) is 1. The maximum Gasteiger partial charge on any atom is 0.235 e. The lowest BCUT2D eigenvalue weighted by atomic mass is 9.97. The highest BCUT2D eigenvalue weighted by Crippen LogP contribution is 2.22. The topological polar surface area (TPSA) is 92.8 Å². The molecule has 3 rings (SSSR count). The second-order valence-electron chi connectivity index (χ2n) is 5.73. The highest BCUT2D eigenvalue weighted by molar-refractivity contribution is 5.95. The number of rotatable bonds is 6. The van der Waals surface area contributed by atoms with Crippen molar-refractivity contribution in [3.05, 3.63) is 65.5 Å². The van der Waals surface area contributed by atoms with E-state index in [-0.39, 0.29) is 5.91 Å². The number of amides is 1. The highest BCUT2D eigenvalue weighted by Gasteiger charge is 2.25. The van der Waals surface area contributed by atoms with Gasteiger partial charge in [0, 0.05) is 5.69 Å². The Morgan fingerprint density at radius 1 is 1.24 bits per heavy atom. The minimum atomic E-state index is -0.563. The fourth-order valence-corrected chi connectivity index (χ4v) is 2.52. The van der Waals surface area contributed by atoms with Crippen molar-refractivity contribution in [2.24, 2.45) is 0 Å².